The minimum atomic E-state index is -0.523. The van der Waals surface area contributed by atoms with Gasteiger partial charge in [-0.3, -0.25) is 9.69 Å². The molecule has 0 saturated carbocycles. The molecule has 5 nitrogen and oxygen atoms in total. The first-order valence-corrected chi connectivity index (χ1v) is 10.0. The van der Waals surface area contributed by atoms with Crippen LogP contribution >= 0.6 is 0 Å². The number of anilines is 2. The van der Waals surface area contributed by atoms with Gasteiger partial charge in [0.1, 0.15) is 0 Å². The fourth-order valence-electron chi connectivity index (χ4n) is 3.91. The lowest BCUT2D eigenvalue weighted by atomic mass is 10.0. The molecule has 0 spiro atoms. The second kappa shape index (κ2) is 8.11. The molecule has 0 aliphatic carbocycles. The second-order valence-corrected chi connectivity index (χ2v) is 7.63. The van der Waals surface area contributed by atoms with Crippen molar-refractivity contribution in [3.63, 3.8) is 0 Å². The Labute approximate surface area is 181 Å². The predicted molar refractivity (Wildman–Crippen MR) is 125 cm³/mol. The van der Waals surface area contributed by atoms with Gasteiger partial charge in [-0.15, -0.1) is 0 Å². The largest absolute Gasteiger partial charge is 0.465 e. The molecule has 5 heteroatoms. The van der Waals surface area contributed by atoms with Gasteiger partial charge in [-0.05, 0) is 42.1 Å². The number of benzene rings is 3. The van der Waals surface area contributed by atoms with Gasteiger partial charge in [-0.25, -0.2) is 4.79 Å². The third-order valence-electron chi connectivity index (χ3n) is 5.52. The van der Waals surface area contributed by atoms with Gasteiger partial charge in [0.05, 0.1) is 23.9 Å². The number of hydrogen-bond donors (Lipinski definition) is 0. The fourth-order valence-corrected chi connectivity index (χ4v) is 3.91. The number of amides is 1. The highest BCUT2D eigenvalue weighted by Crippen LogP contribution is 2.38. The smallest absolute Gasteiger partial charge is 0.340 e. The summed E-state index contributed by atoms with van der Waals surface area (Å²) in [7, 11) is 5.27. The van der Waals surface area contributed by atoms with E-state index < -0.39 is 5.97 Å². The Balaban J connectivity index is 1.85. The van der Waals surface area contributed by atoms with E-state index in [2.05, 4.69) is 0 Å². The van der Waals surface area contributed by atoms with Crippen LogP contribution in [0.4, 0.5) is 11.4 Å². The van der Waals surface area contributed by atoms with Crippen molar-refractivity contribution in [2.45, 2.75) is 6.92 Å². The van der Waals surface area contributed by atoms with Crippen LogP contribution in [0.15, 0.2) is 83.6 Å². The Bertz CT molecular complexity index is 1230. The van der Waals surface area contributed by atoms with Gasteiger partial charge in [0.25, 0.3) is 5.91 Å². The molecule has 1 amide bonds. The Morgan fingerprint density at radius 1 is 0.968 bits per heavy atom. The van der Waals surface area contributed by atoms with Crippen molar-refractivity contribution in [3.05, 3.63) is 89.1 Å². The van der Waals surface area contributed by atoms with E-state index >= 15 is 0 Å². The van der Waals surface area contributed by atoms with Crippen molar-refractivity contribution in [1.29, 1.82) is 0 Å². The predicted octanol–water partition coefficient (Wildman–Crippen LogP) is 4.78. The van der Waals surface area contributed by atoms with Crippen LogP contribution in [-0.4, -0.2) is 33.1 Å². The Hall–Kier alpha value is -3.86. The van der Waals surface area contributed by atoms with Crippen molar-refractivity contribution in [3.8, 4) is 0 Å². The number of rotatable bonds is 4. The van der Waals surface area contributed by atoms with E-state index in [0.29, 0.717) is 11.3 Å². The van der Waals surface area contributed by atoms with Gasteiger partial charge in [0.2, 0.25) is 0 Å². The van der Waals surface area contributed by atoms with Crippen LogP contribution in [0, 0.1) is 0 Å². The van der Waals surface area contributed by atoms with Crippen molar-refractivity contribution < 1.29 is 14.3 Å². The molecular formula is C26H24N2O3. The summed E-state index contributed by atoms with van der Waals surface area (Å²) in [6.07, 6.45) is 1.75. The van der Waals surface area contributed by atoms with Crippen LogP contribution < -0.4 is 9.80 Å². The van der Waals surface area contributed by atoms with Crippen LogP contribution in [0.2, 0.25) is 0 Å². The maximum atomic E-state index is 13.6. The van der Waals surface area contributed by atoms with Crippen molar-refractivity contribution in [1.82, 2.24) is 0 Å². The summed E-state index contributed by atoms with van der Waals surface area (Å²) in [5.74, 6) is -0.768. The number of allylic oxidation sites excluding steroid dienone is 1. The third-order valence-corrected chi connectivity index (χ3v) is 5.52. The van der Waals surface area contributed by atoms with Gasteiger partial charge in [-0.1, -0.05) is 48.5 Å². The number of methoxy groups -OCH3 is 1. The molecule has 156 valence electrons. The van der Waals surface area contributed by atoms with Crippen LogP contribution in [-0.2, 0) is 14.3 Å². The van der Waals surface area contributed by atoms with Gasteiger partial charge in [-0.2, -0.15) is 0 Å². The lowest BCUT2D eigenvalue weighted by molar-refractivity contribution is -0.136. The topological polar surface area (TPSA) is 49.9 Å². The summed E-state index contributed by atoms with van der Waals surface area (Å²) in [5, 5.41) is 1.97. The van der Waals surface area contributed by atoms with Crippen molar-refractivity contribution in [2.75, 3.05) is 31.0 Å². The van der Waals surface area contributed by atoms with E-state index in [1.165, 1.54) is 7.11 Å². The number of carbonyl (C=O) groups excluding carboxylic acids is 2. The molecule has 0 bridgehead atoms. The third kappa shape index (κ3) is 3.59. The highest BCUT2D eigenvalue weighted by molar-refractivity contribution is 6.25. The van der Waals surface area contributed by atoms with E-state index in [9.17, 15) is 9.59 Å². The van der Waals surface area contributed by atoms with Crippen LogP contribution in [0.3, 0.4) is 0 Å². The first kappa shape index (κ1) is 20.4. The highest BCUT2D eigenvalue weighted by Gasteiger charge is 2.38. The van der Waals surface area contributed by atoms with Crippen LogP contribution in [0.1, 0.15) is 12.5 Å². The van der Waals surface area contributed by atoms with Gasteiger partial charge < -0.3 is 9.64 Å². The Kier molecular flexibility index (Phi) is 5.34. The van der Waals surface area contributed by atoms with E-state index in [1.54, 1.807) is 17.9 Å². The Morgan fingerprint density at radius 3 is 2.32 bits per heavy atom. The monoisotopic (exact) mass is 412 g/mol. The number of nitrogens with zero attached hydrogens (tertiary/aromatic N) is 2. The minimum Gasteiger partial charge on any atom is -0.465 e. The van der Waals surface area contributed by atoms with Crippen molar-refractivity contribution >= 4 is 40.1 Å². The molecule has 3 aromatic rings. The first-order chi connectivity index (χ1) is 14.9. The molecule has 0 radical (unpaired) electrons. The summed E-state index contributed by atoms with van der Waals surface area (Å²) < 4.78 is 5.02. The van der Waals surface area contributed by atoms with Crippen LogP contribution in [0.25, 0.3) is 16.8 Å². The SMILES string of the molecule is COC(=O)C1=C(C)N(c2cccc3ccccc23)C(=O)C1=Cc1ccc(N(C)C)cc1. The van der Waals surface area contributed by atoms with E-state index in [1.807, 2.05) is 85.7 Å². The van der Waals surface area contributed by atoms with Crippen molar-refractivity contribution in [2.24, 2.45) is 0 Å². The second-order valence-electron chi connectivity index (χ2n) is 7.63. The molecule has 0 saturated heterocycles. The van der Waals surface area contributed by atoms with E-state index in [-0.39, 0.29) is 11.5 Å². The van der Waals surface area contributed by atoms with Gasteiger partial charge >= 0.3 is 5.97 Å². The summed E-state index contributed by atoms with van der Waals surface area (Å²) in [6, 6.07) is 21.5. The average Bonchev–Trinajstić information content (AvgIpc) is 3.02. The lowest BCUT2D eigenvalue weighted by Crippen LogP contribution is -2.24. The zero-order valence-electron chi connectivity index (χ0n) is 18.0. The molecule has 4 rings (SSSR count). The van der Waals surface area contributed by atoms with Crippen LogP contribution in [0.5, 0.6) is 0 Å². The highest BCUT2D eigenvalue weighted by atomic mass is 16.5. The lowest BCUT2D eigenvalue weighted by Gasteiger charge is -2.20. The molecule has 0 atom stereocenters. The first-order valence-electron chi connectivity index (χ1n) is 10.0. The molecule has 0 fully saturated rings. The van der Waals surface area contributed by atoms with E-state index in [4.69, 9.17) is 4.74 Å². The summed E-state index contributed by atoms with van der Waals surface area (Å²) in [4.78, 5) is 29.8. The standard InChI is InChI=1S/C26H24N2O3/c1-17-24(26(30)31-4)22(16-18-12-14-20(15-13-18)27(2)3)25(29)28(17)23-11-7-9-19-8-5-6-10-21(19)23/h5-16H,1-4H3. The molecule has 0 N–H and O–H groups in total. The molecule has 31 heavy (non-hydrogen) atoms. The maximum absolute atomic E-state index is 13.6. The number of esters is 1. The average molecular weight is 412 g/mol. The van der Waals surface area contributed by atoms with Gasteiger partial charge in [0, 0.05) is 30.9 Å². The Morgan fingerprint density at radius 2 is 1.65 bits per heavy atom. The number of fused-ring (bicyclic) bond motifs is 1. The number of ether oxygens (including phenoxy) is 1. The summed E-state index contributed by atoms with van der Waals surface area (Å²) in [5.41, 5.74) is 3.81. The maximum Gasteiger partial charge on any atom is 0.340 e. The minimum absolute atomic E-state index is 0.245. The fraction of sp³-hybridized carbons (Fsp3) is 0.154. The normalized spacial score (nSPS) is 15.2. The zero-order chi connectivity index (χ0) is 22.1. The molecule has 0 unspecified atom stereocenters. The van der Waals surface area contributed by atoms with Gasteiger partial charge in [0.15, 0.2) is 0 Å². The number of hydrogen-bond acceptors (Lipinski definition) is 4. The quantitative estimate of drug-likeness (QED) is 0.457. The molecule has 1 aliphatic rings. The molecule has 1 aliphatic heterocycles. The molecule has 0 aromatic heterocycles. The molecule has 1 heterocycles. The number of carbonyl (C=O) groups is 2. The summed E-state index contributed by atoms with van der Waals surface area (Å²) in [6.45, 7) is 1.78. The summed E-state index contributed by atoms with van der Waals surface area (Å²) >= 11 is 0. The molecular weight excluding hydrogens is 388 g/mol. The zero-order valence-corrected chi connectivity index (χ0v) is 18.0. The molecule has 3 aromatic carbocycles. The van der Waals surface area contributed by atoms with E-state index in [0.717, 1.165) is 27.7 Å².